The van der Waals surface area contributed by atoms with Crippen molar-refractivity contribution in [3.05, 3.63) is 111 Å². The zero-order valence-electron chi connectivity index (χ0n) is 19.8. The fourth-order valence-corrected chi connectivity index (χ4v) is 4.20. The van der Waals surface area contributed by atoms with Gasteiger partial charge in [0.2, 0.25) is 0 Å². The lowest BCUT2D eigenvalue weighted by molar-refractivity contribution is -0.384. The number of carbonyl (C=O) groups excluding carboxylic acids is 2. The van der Waals surface area contributed by atoms with Gasteiger partial charge in [0.05, 0.1) is 23.1 Å². The average Bonchev–Trinajstić information content (AvgIpc) is 3.14. The number of ketones is 1. The van der Waals surface area contributed by atoms with E-state index in [0.29, 0.717) is 23.5 Å². The molecule has 1 amide bonds. The molecule has 1 aliphatic heterocycles. The van der Waals surface area contributed by atoms with Crippen molar-refractivity contribution >= 4 is 23.1 Å². The molecule has 3 aromatic carbocycles. The van der Waals surface area contributed by atoms with Gasteiger partial charge in [-0.1, -0.05) is 67.9 Å². The van der Waals surface area contributed by atoms with E-state index in [-0.39, 0.29) is 23.6 Å². The molecule has 8 heteroatoms. The number of rotatable bonds is 9. The van der Waals surface area contributed by atoms with Crippen molar-refractivity contribution in [1.29, 1.82) is 0 Å². The number of aliphatic hydroxyl groups is 1. The maximum atomic E-state index is 13.2. The summed E-state index contributed by atoms with van der Waals surface area (Å²) < 4.78 is 5.73. The van der Waals surface area contributed by atoms with E-state index in [2.05, 4.69) is 0 Å². The second-order valence-corrected chi connectivity index (χ2v) is 8.49. The number of likely N-dealkylation sites (tertiary alicyclic amines) is 1. The van der Waals surface area contributed by atoms with Crippen molar-refractivity contribution < 1.29 is 24.4 Å². The van der Waals surface area contributed by atoms with Crippen molar-refractivity contribution in [3.63, 3.8) is 0 Å². The Hall–Kier alpha value is -4.46. The zero-order chi connectivity index (χ0) is 25.7. The monoisotopic (exact) mass is 486 g/mol. The van der Waals surface area contributed by atoms with E-state index in [0.717, 1.165) is 18.4 Å². The summed E-state index contributed by atoms with van der Waals surface area (Å²) in [6.45, 7) is 2.65. The normalized spacial score (nSPS) is 16.8. The van der Waals surface area contributed by atoms with E-state index in [1.165, 1.54) is 23.1 Å². The predicted octanol–water partition coefficient (Wildman–Crippen LogP) is 5.40. The number of Topliss-reactive ketones (excluding diaryl/α,β-unsaturated/α-hetero) is 1. The first kappa shape index (κ1) is 24.7. The molecule has 3 aromatic rings. The summed E-state index contributed by atoms with van der Waals surface area (Å²) in [5, 5.41) is 22.7. The fraction of sp³-hybridized carbons (Fsp3) is 0.214. The van der Waals surface area contributed by atoms with Crippen molar-refractivity contribution in [1.82, 2.24) is 4.90 Å². The molecule has 1 unspecified atom stereocenters. The molecule has 4 rings (SSSR count). The van der Waals surface area contributed by atoms with E-state index in [1.807, 2.05) is 37.3 Å². The number of hydrogen-bond donors (Lipinski definition) is 1. The first-order valence-electron chi connectivity index (χ1n) is 11.7. The van der Waals surface area contributed by atoms with Crippen LogP contribution in [0, 0.1) is 10.1 Å². The van der Waals surface area contributed by atoms with Crippen LogP contribution < -0.4 is 4.74 Å². The van der Waals surface area contributed by atoms with Gasteiger partial charge in [-0.2, -0.15) is 0 Å². The highest BCUT2D eigenvalue weighted by Crippen LogP contribution is 2.41. The number of nitrogens with zero attached hydrogens (tertiary/aromatic N) is 2. The smallest absolute Gasteiger partial charge is 0.295 e. The number of carbonyl (C=O) groups is 2. The average molecular weight is 487 g/mol. The van der Waals surface area contributed by atoms with Crippen molar-refractivity contribution in [2.45, 2.75) is 32.4 Å². The summed E-state index contributed by atoms with van der Waals surface area (Å²) in [6.07, 6.45) is 1.83. The Morgan fingerprint density at radius 2 is 1.78 bits per heavy atom. The molecule has 184 valence electrons. The summed E-state index contributed by atoms with van der Waals surface area (Å²) in [4.78, 5) is 38.7. The van der Waals surface area contributed by atoms with E-state index in [4.69, 9.17) is 4.74 Å². The number of benzene rings is 3. The maximum Gasteiger partial charge on any atom is 0.295 e. The third-order valence-electron chi connectivity index (χ3n) is 6.01. The topological polar surface area (TPSA) is 110 Å². The zero-order valence-corrected chi connectivity index (χ0v) is 19.8. The van der Waals surface area contributed by atoms with Crippen LogP contribution in [0.2, 0.25) is 0 Å². The number of amides is 1. The Kier molecular flexibility index (Phi) is 7.44. The molecular formula is C28H26N2O6. The number of hydrogen-bond acceptors (Lipinski definition) is 6. The molecule has 1 saturated heterocycles. The number of nitro benzene ring substituents is 1. The lowest BCUT2D eigenvalue weighted by Gasteiger charge is -2.25. The summed E-state index contributed by atoms with van der Waals surface area (Å²) in [5.41, 5.74) is 1.15. The molecule has 1 fully saturated rings. The molecule has 0 radical (unpaired) electrons. The third kappa shape index (κ3) is 5.12. The van der Waals surface area contributed by atoms with Crippen molar-refractivity contribution in [2.75, 3.05) is 6.61 Å². The standard InChI is InChI=1S/C28H26N2O6/c1-2-3-15-36-23-14-8-12-21(17-23)26(31)24-25(20-11-7-13-22(16-20)30(34)35)29(28(33)27(24)32)18-19-9-5-4-6-10-19/h4-14,16-17,25,31H,2-3,15,18H2,1H3/b26-24+. The molecule has 36 heavy (non-hydrogen) atoms. The summed E-state index contributed by atoms with van der Waals surface area (Å²) in [6, 6.07) is 20.6. The number of non-ortho nitro benzene ring substituents is 1. The van der Waals surface area contributed by atoms with Gasteiger partial charge < -0.3 is 14.7 Å². The van der Waals surface area contributed by atoms with Crippen LogP contribution in [0.5, 0.6) is 5.75 Å². The quantitative estimate of drug-likeness (QED) is 0.108. The van der Waals surface area contributed by atoms with E-state index in [9.17, 15) is 24.8 Å². The van der Waals surface area contributed by atoms with Crippen LogP contribution in [0.15, 0.2) is 84.4 Å². The lowest BCUT2D eigenvalue weighted by atomic mass is 9.94. The molecule has 0 spiro atoms. The molecule has 8 nitrogen and oxygen atoms in total. The second-order valence-electron chi connectivity index (χ2n) is 8.49. The Labute approximate surface area is 208 Å². The number of nitro groups is 1. The highest BCUT2D eigenvalue weighted by Gasteiger charge is 2.46. The molecule has 1 heterocycles. The molecule has 1 N–H and O–H groups in total. The Morgan fingerprint density at radius 1 is 1.03 bits per heavy atom. The maximum absolute atomic E-state index is 13.2. The van der Waals surface area contributed by atoms with Crippen molar-refractivity contribution in [3.8, 4) is 5.75 Å². The first-order chi connectivity index (χ1) is 17.4. The first-order valence-corrected chi connectivity index (χ1v) is 11.7. The molecule has 0 aliphatic carbocycles. The molecule has 0 aromatic heterocycles. The van der Waals surface area contributed by atoms with Gasteiger partial charge in [-0.25, -0.2) is 0 Å². The number of unbranched alkanes of at least 4 members (excludes halogenated alkanes) is 1. The molecular weight excluding hydrogens is 460 g/mol. The van der Waals surface area contributed by atoms with Gasteiger partial charge in [-0.3, -0.25) is 19.7 Å². The molecule has 1 aliphatic rings. The lowest BCUT2D eigenvalue weighted by Crippen LogP contribution is -2.29. The van der Waals surface area contributed by atoms with Gasteiger partial charge in [0.15, 0.2) is 0 Å². The summed E-state index contributed by atoms with van der Waals surface area (Å²) >= 11 is 0. The summed E-state index contributed by atoms with van der Waals surface area (Å²) in [5.74, 6) is -1.47. The summed E-state index contributed by atoms with van der Waals surface area (Å²) in [7, 11) is 0. The largest absolute Gasteiger partial charge is 0.507 e. The minimum atomic E-state index is -1.00. The van der Waals surface area contributed by atoms with Gasteiger partial charge in [0.1, 0.15) is 11.5 Å². The molecule has 0 bridgehead atoms. The minimum absolute atomic E-state index is 0.0930. The molecule has 0 saturated carbocycles. The van der Waals surface area contributed by atoms with Crippen LogP contribution in [0.25, 0.3) is 5.76 Å². The fourth-order valence-electron chi connectivity index (χ4n) is 4.20. The van der Waals surface area contributed by atoms with Gasteiger partial charge in [0, 0.05) is 24.2 Å². The Balaban J connectivity index is 1.82. The predicted molar refractivity (Wildman–Crippen MR) is 134 cm³/mol. The Morgan fingerprint density at radius 3 is 2.50 bits per heavy atom. The van der Waals surface area contributed by atoms with Crippen LogP contribution in [0.1, 0.15) is 42.5 Å². The van der Waals surface area contributed by atoms with Gasteiger partial charge >= 0.3 is 0 Å². The van der Waals surface area contributed by atoms with Gasteiger partial charge in [-0.05, 0) is 29.7 Å². The van der Waals surface area contributed by atoms with Gasteiger partial charge in [0.25, 0.3) is 17.4 Å². The van der Waals surface area contributed by atoms with Crippen molar-refractivity contribution in [2.24, 2.45) is 0 Å². The van der Waals surface area contributed by atoms with E-state index >= 15 is 0 Å². The van der Waals surface area contributed by atoms with Crippen LogP contribution in [0.4, 0.5) is 5.69 Å². The Bertz CT molecular complexity index is 1320. The highest BCUT2D eigenvalue weighted by molar-refractivity contribution is 6.46. The van der Waals surface area contributed by atoms with Crippen LogP contribution >= 0.6 is 0 Å². The third-order valence-corrected chi connectivity index (χ3v) is 6.01. The van der Waals surface area contributed by atoms with Gasteiger partial charge in [-0.15, -0.1) is 0 Å². The SMILES string of the molecule is CCCCOc1cccc(/C(O)=C2\C(=O)C(=O)N(Cc3ccccc3)C2c2cccc([N+](=O)[O-])c2)c1. The van der Waals surface area contributed by atoms with Crippen LogP contribution in [-0.4, -0.2) is 33.2 Å². The van der Waals surface area contributed by atoms with Crippen LogP contribution in [0.3, 0.4) is 0 Å². The number of aliphatic hydroxyl groups excluding tert-OH is 1. The second kappa shape index (κ2) is 10.9. The van der Waals surface area contributed by atoms with Crippen LogP contribution in [-0.2, 0) is 16.1 Å². The minimum Gasteiger partial charge on any atom is -0.507 e. The molecule has 1 atom stereocenters. The highest BCUT2D eigenvalue weighted by atomic mass is 16.6. The number of ether oxygens (including phenoxy) is 1. The van der Waals surface area contributed by atoms with E-state index < -0.39 is 22.7 Å². The van der Waals surface area contributed by atoms with E-state index in [1.54, 1.807) is 30.3 Å².